The highest BCUT2D eigenvalue weighted by Crippen LogP contribution is 2.15. The second kappa shape index (κ2) is 9.76. The first-order chi connectivity index (χ1) is 15.1. The van der Waals surface area contributed by atoms with Crippen LogP contribution in [0.2, 0.25) is 0 Å². The molecule has 2 aliphatic heterocycles. The topological polar surface area (TPSA) is 95.3 Å². The average molecular weight is 426 g/mol. The van der Waals surface area contributed by atoms with Crippen LogP contribution in [0.15, 0.2) is 47.1 Å². The van der Waals surface area contributed by atoms with E-state index in [0.29, 0.717) is 57.2 Å². The first kappa shape index (κ1) is 21.1. The fourth-order valence-corrected chi connectivity index (χ4v) is 3.69. The molecular formula is C22H26N4O5. The molecule has 164 valence electrons. The molecule has 1 N–H and O–H groups in total. The van der Waals surface area contributed by atoms with E-state index >= 15 is 0 Å². The number of amides is 3. The van der Waals surface area contributed by atoms with E-state index in [-0.39, 0.29) is 23.5 Å². The molecule has 1 aromatic heterocycles. The molecule has 1 aromatic carbocycles. The highest BCUT2D eigenvalue weighted by atomic mass is 16.5. The molecular weight excluding hydrogens is 400 g/mol. The van der Waals surface area contributed by atoms with Crippen LogP contribution < -0.4 is 5.32 Å². The smallest absolute Gasteiger partial charge is 0.291 e. The van der Waals surface area contributed by atoms with Crippen LogP contribution in [0.5, 0.6) is 0 Å². The predicted octanol–water partition coefficient (Wildman–Crippen LogP) is 1.15. The van der Waals surface area contributed by atoms with Gasteiger partial charge in [-0.25, -0.2) is 0 Å². The van der Waals surface area contributed by atoms with Crippen LogP contribution >= 0.6 is 0 Å². The molecule has 9 heteroatoms. The molecule has 0 radical (unpaired) electrons. The van der Waals surface area contributed by atoms with Gasteiger partial charge in [0.05, 0.1) is 26.0 Å². The van der Waals surface area contributed by atoms with Crippen LogP contribution in [0.3, 0.4) is 0 Å². The van der Waals surface area contributed by atoms with Crippen LogP contribution in [-0.4, -0.2) is 91.4 Å². The second-order valence-electron chi connectivity index (χ2n) is 7.57. The number of hydrogen-bond donors (Lipinski definition) is 1. The third kappa shape index (κ3) is 5.31. The molecule has 0 unspecified atom stereocenters. The van der Waals surface area contributed by atoms with Crippen molar-refractivity contribution in [2.45, 2.75) is 0 Å². The van der Waals surface area contributed by atoms with E-state index in [0.717, 1.165) is 13.1 Å². The molecule has 2 aliphatic rings. The number of carbonyl (C=O) groups excluding carboxylic acids is 3. The van der Waals surface area contributed by atoms with Crippen molar-refractivity contribution < 1.29 is 23.5 Å². The number of furan rings is 1. The van der Waals surface area contributed by atoms with Gasteiger partial charge in [-0.05, 0) is 36.4 Å². The van der Waals surface area contributed by atoms with Gasteiger partial charge in [0.25, 0.3) is 11.8 Å². The maximum atomic E-state index is 12.8. The molecule has 0 bridgehead atoms. The van der Waals surface area contributed by atoms with E-state index in [1.165, 1.54) is 6.26 Å². The first-order valence-corrected chi connectivity index (χ1v) is 10.4. The van der Waals surface area contributed by atoms with Gasteiger partial charge in [0, 0.05) is 50.5 Å². The van der Waals surface area contributed by atoms with E-state index in [9.17, 15) is 14.4 Å². The monoisotopic (exact) mass is 426 g/mol. The lowest BCUT2D eigenvalue weighted by Crippen LogP contribution is -2.53. The summed E-state index contributed by atoms with van der Waals surface area (Å²) < 4.78 is 10.4. The number of benzene rings is 1. The van der Waals surface area contributed by atoms with Crippen LogP contribution in [0.25, 0.3) is 0 Å². The van der Waals surface area contributed by atoms with E-state index in [2.05, 4.69) is 10.2 Å². The van der Waals surface area contributed by atoms with Crippen molar-refractivity contribution in [2.75, 3.05) is 64.3 Å². The maximum absolute atomic E-state index is 12.8. The molecule has 0 aliphatic carbocycles. The summed E-state index contributed by atoms with van der Waals surface area (Å²) in [5.41, 5.74) is 1.13. The molecule has 0 saturated carbocycles. The van der Waals surface area contributed by atoms with Gasteiger partial charge in [0.1, 0.15) is 0 Å². The normalized spacial score (nSPS) is 17.4. The summed E-state index contributed by atoms with van der Waals surface area (Å²) in [5, 5.41) is 2.73. The summed E-state index contributed by atoms with van der Waals surface area (Å²) in [4.78, 5) is 43.1. The average Bonchev–Trinajstić information content (AvgIpc) is 3.35. The Bertz CT molecular complexity index is 898. The van der Waals surface area contributed by atoms with E-state index in [4.69, 9.17) is 9.15 Å². The molecule has 3 amide bonds. The van der Waals surface area contributed by atoms with Crippen LogP contribution in [-0.2, 0) is 9.53 Å². The molecule has 2 aromatic rings. The number of anilines is 1. The molecule has 31 heavy (non-hydrogen) atoms. The molecule has 2 fully saturated rings. The number of piperazine rings is 1. The van der Waals surface area contributed by atoms with Gasteiger partial charge in [-0.3, -0.25) is 19.3 Å². The summed E-state index contributed by atoms with van der Waals surface area (Å²) in [5.74, 6) is -0.0991. The lowest BCUT2D eigenvalue weighted by atomic mass is 10.1. The Morgan fingerprint density at radius 1 is 0.871 bits per heavy atom. The number of rotatable bonds is 5. The van der Waals surface area contributed by atoms with E-state index < -0.39 is 0 Å². The number of ether oxygens (including phenoxy) is 1. The standard InChI is InChI=1S/C22H26N4O5/c27-20(16-24-11-14-30-15-12-24)25-7-9-26(10-8-25)22(29)17-3-5-18(6-4-17)23-21(28)19-2-1-13-31-19/h1-6,13H,7-12,14-16H2,(H,23,28). The van der Waals surface area contributed by atoms with Gasteiger partial charge >= 0.3 is 0 Å². The molecule has 3 heterocycles. The third-order valence-corrected chi connectivity index (χ3v) is 5.52. The number of hydrogen-bond acceptors (Lipinski definition) is 6. The number of carbonyl (C=O) groups is 3. The molecule has 9 nitrogen and oxygen atoms in total. The van der Waals surface area contributed by atoms with Gasteiger partial charge in [0.15, 0.2) is 5.76 Å². The van der Waals surface area contributed by atoms with Crippen LogP contribution in [0.4, 0.5) is 5.69 Å². The summed E-state index contributed by atoms with van der Waals surface area (Å²) >= 11 is 0. The third-order valence-electron chi connectivity index (χ3n) is 5.52. The zero-order chi connectivity index (χ0) is 21.6. The Balaban J connectivity index is 1.26. The Kier molecular flexibility index (Phi) is 6.63. The van der Waals surface area contributed by atoms with Gasteiger partial charge in [-0.15, -0.1) is 0 Å². The minimum atomic E-state index is -0.345. The van der Waals surface area contributed by atoms with E-state index in [1.54, 1.807) is 41.3 Å². The summed E-state index contributed by atoms with van der Waals surface area (Å²) in [6.07, 6.45) is 1.44. The largest absolute Gasteiger partial charge is 0.459 e. The van der Waals surface area contributed by atoms with Crippen molar-refractivity contribution in [1.29, 1.82) is 0 Å². The van der Waals surface area contributed by atoms with Crippen molar-refractivity contribution in [3.05, 3.63) is 54.0 Å². The van der Waals surface area contributed by atoms with Crippen molar-refractivity contribution in [3.63, 3.8) is 0 Å². The molecule has 4 rings (SSSR count). The lowest BCUT2D eigenvalue weighted by Gasteiger charge is -2.36. The number of nitrogens with zero attached hydrogens (tertiary/aromatic N) is 3. The Labute approximate surface area is 180 Å². The Hall–Kier alpha value is -3.17. The van der Waals surface area contributed by atoms with Crippen LogP contribution in [0, 0.1) is 0 Å². The Morgan fingerprint density at radius 2 is 1.55 bits per heavy atom. The highest BCUT2D eigenvalue weighted by molar-refractivity contribution is 6.02. The van der Waals surface area contributed by atoms with Gasteiger partial charge in [0.2, 0.25) is 5.91 Å². The zero-order valence-corrected chi connectivity index (χ0v) is 17.3. The quantitative estimate of drug-likeness (QED) is 0.771. The van der Waals surface area contributed by atoms with Gasteiger partial charge in [-0.1, -0.05) is 0 Å². The lowest BCUT2D eigenvalue weighted by molar-refractivity contribution is -0.134. The van der Waals surface area contributed by atoms with Gasteiger partial charge in [-0.2, -0.15) is 0 Å². The Morgan fingerprint density at radius 3 is 2.19 bits per heavy atom. The van der Waals surface area contributed by atoms with Crippen molar-refractivity contribution in [2.24, 2.45) is 0 Å². The minimum absolute atomic E-state index is 0.0795. The second-order valence-corrected chi connectivity index (χ2v) is 7.57. The zero-order valence-electron chi connectivity index (χ0n) is 17.3. The minimum Gasteiger partial charge on any atom is -0.459 e. The predicted molar refractivity (Wildman–Crippen MR) is 113 cm³/mol. The van der Waals surface area contributed by atoms with Crippen molar-refractivity contribution in [3.8, 4) is 0 Å². The van der Waals surface area contributed by atoms with Crippen molar-refractivity contribution in [1.82, 2.24) is 14.7 Å². The summed E-state index contributed by atoms with van der Waals surface area (Å²) in [6, 6.07) is 9.99. The summed E-state index contributed by atoms with van der Waals surface area (Å²) in [7, 11) is 0. The van der Waals surface area contributed by atoms with Crippen LogP contribution in [0.1, 0.15) is 20.9 Å². The van der Waals surface area contributed by atoms with E-state index in [1.807, 2.05) is 4.90 Å². The molecule has 0 spiro atoms. The molecule has 0 atom stereocenters. The maximum Gasteiger partial charge on any atom is 0.291 e. The summed E-state index contributed by atoms with van der Waals surface area (Å²) in [6.45, 7) is 5.38. The number of nitrogens with one attached hydrogen (secondary N) is 1. The highest BCUT2D eigenvalue weighted by Gasteiger charge is 2.26. The molecule has 2 saturated heterocycles. The first-order valence-electron chi connectivity index (χ1n) is 10.4. The number of morpholine rings is 1. The van der Waals surface area contributed by atoms with Gasteiger partial charge < -0.3 is 24.3 Å². The SMILES string of the molecule is O=C(Nc1ccc(C(=O)N2CCN(C(=O)CN3CCOCC3)CC2)cc1)c1ccco1. The fourth-order valence-electron chi connectivity index (χ4n) is 3.69. The fraction of sp³-hybridized carbons (Fsp3) is 0.409. The van der Waals surface area contributed by atoms with Crippen molar-refractivity contribution >= 4 is 23.4 Å².